The van der Waals surface area contributed by atoms with Gasteiger partial charge in [0.2, 0.25) is 0 Å². The fourth-order valence-corrected chi connectivity index (χ4v) is 4.04. The molecule has 0 saturated carbocycles. The Morgan fingerprint density at radius 1 is 1.07 bits per heavy atom. The average molecular weight is 403 g/mol. The Labute approximate surface area is 163 Å². The number of halogens is 3. The number of aromatic nitrogens is 2. The predicted octanol–water partition coefficient (Wildman–Crippen LogP) is 5.20. The number of fused-ring (bicyclic) bond motifs is 1. The summed E-state index contributed by atoms with van der Waals surface area (Å²) in [6.07, 6.45) is -4.43. The number of rotatable bonds is 3. The van der Waals surface area contributed by atoms with E-state index in [2.05, 4.69) is 10.4 Å². The lowest BCUT2D eigenvalue weighted by Gasteiger charge is -2.12. The van der Waals surface area contributed by atoms with Crippen LogP contribution in [0.4, 0.5) is 19.0 Å². The quantitative estimate of drug-likeness (QED) is 0.654. The van der Waals surface area contributed by atoms with Gasteiger partial charge in [0.15, 0.2) is 0 Å². The van der Waals surface area contributed by atoms with Crippen molar-refractivity contribution in [1.82, 2.24) is 9.78 Å². The van der Waals surface area contributed by atoms with Crippen molar-refractivity contribution in [2.45, 2.75) is 24.6 Å². The van der Waals surface area contributed by atoms with E-state index in [0.717, 1.165) is 46.1 Å². The minimum Gasteiger partial charge on any atom is -0.306 e. The molecule has 28 heavy (non-hydrogen) atoms. The van der Waals surface area contributed by atoms with Crippen LogP contribution in [0.25, 0.3) is 5.69 Å². The number of aryl methyl sites for hydroxylation is 1. The highest BCUT2D eigenvalue weighted by molar-refractivity contribution is 7.98. The molecule has 144 valence electrons. The van der Waals surface area contributed by atoms with Gasteiger partial charge in [-0.05, 0) is 43.3 Å². The standard InChI is InChI=1S/C20H16F3N3OS/c1-12-2-8-15(9-3-12)26-18(16-10-28-11-17(16)25-26)24-19(27)13-4-6-14(7-5-13)20(21,22)23/h2-9H,10-11H2,1H3,(H,24,27). The lowest BCUT2D eigenvalue weighted by atomic mass is 10.1. The Morgan fingerprint density at radius 3 is 2.39 bits per heavy atom. The van der Waals surface area contributed by atoms with Crippen LogP contribution in [0.1, 0.15) is 32.7 Å². The topological polar surface area (TPSA) is 46.9 Å². The number of carbonyl (C=O) groups excluding carboxylic acids is 1. The van der Waals surface area contributed by atoms with E-state index in [1.807, 2.05) is 31.2 Å². The number of carbonyl (C=O) groups is 1. The van der Waals surface area contributed by atoms with Crippen LogP contribution in [-0.4, -0.2) is 15.7 Å². The Hall–Kier alpha value is -2.74. The fraction of sp³-hybridized carbons (Fsp3) is 0.200. The van der Waals surface area contributed by atoms with Crippen molar-refractivity contribution in [3.63, 3.8) is 0 Å². The molecule has 3 aromatic rings. The van der Waals surface area contributed by atoms with E-state index in [9.17, 15) is 18.0 Å². The Bertz CT molecular complexity index is 1020. The molecule has 1 aliphatic rings. The number of hydrogen-bond donors (Lipinski definition) is 1. The van der Waals surface area contributed by atoms with Gasteiger partial charge in [-0.2, -0.15) is 30.0 Å². The molecule has 1 aliphatic heterocycles. The van der Waals surface area contributed by atoms with Gasteiger partial charge in [-0.25, -0.2) is 4.68 Å². The molecular weight excluding hydrogens is 387 g/mol. The summed E-state index contributed by atoms with van der Waals surface area (Å²) in [6.45, 7) is 1.98. The molecule has 2 aromatic carbocycles. The molecule has 4 rings (SSSR count). The third kappa shape index (κ3) is 3.52. The Balaban J connectivity index is 1.66. The second-order valence-electron chi connectivity index (χ2n) is 6.54. The van der Waals surface area contributed by atoms with Crippen LogP contribution in [0.15, 0.2) is 48.5 Å². The summed E-state index contributed by atoms with van der Waals surface area (Å²) in [4.78, 5) is 12.7. The number of alkyl halides is 3. The van der Waals surface area contributed by atoms with Crippen LogP contribution >= 0.6 is 11.8 Å². The molecule has 0 unspecified atom stereocenters. The molecule has 1 aromatic heterocycles. The number of thioether (sulfide) groups is 1. The first-order chi connectivity index (χ1) is 13.3. The second kappa shape index (κ2) is 7.01. The minimum absolute atomic E-state index is 0.157. The first-order valence-electron chi connectivity index (χ1n) is 8.57. The van der Waals surface area contributed by atoms with Gasteiger partial charge in [0.1, 0.15) is 5.82 Å². The third-order valence-electron chi connectivity index (χ3n) is 4.54. The highest BCUT2D eigenvalue weighted by Gasteiger charge is 2.30. The molecule has 2 heterocycles. The van der Waals surface area contributed by atoms with E-state index in [0.29, 0.717) is 5.82 Å². The molecule has 1 amide bonds. The molecule has 1 N–H and O–H groups in total. The Morgan fingerprint density at radius 2 is 1.75 bits per heavy atom. The second-order valence-corrected chi connectivity index (χ2v) is 7.53. The summed E-state index contributed by atoms with van der Waals surface area (Å²) in [5, 5.41) is 7.46. The van der Waals surface area contributed by atoms with Crippen LogP contribution in [-0.2, 0) is 17.7 Å². The van der Waals surface area contributed by atoms with Crippen molar-refractivity contribution in [2.24, 2.45) is 0 Å². The number of hydrogen-bond acceptors (Lipinski definition) is 3. The highest BCUT2D eigenvalue weighted by Crippen LogP contribution is 2.36. The van der Waals surface area contributed by atoms with Gasteiger partial charge in [0.25, 0.3) is 5.91 Å². The molecule has 0 radical (unpaired) electrons. The van der Waals surface area contributed by atoms with Gasteiger partial charge in [0.05, 0.1) is 16.9 Å². The summed E-state index contributed by atoms with van der Waals surface area (Å²) < 4.78 is 39.9. The minimum atomic E-state index is -4.43. The molecular formula is C20H16F3N3OS. The van der Waals surface area contributed by atoms with E-state index in [1.165, 1.54) is 12.1 Å². The fourth-order valence-electron chi connectivity index (χ4n) is 3.00. The lowest BCUT2D eigenvalue weighted by Crippen LogP contribution is -2.16. The van der Waals surface area contributed by atoms with E-state index >= 15 is 0 Å². The molecule has 4 nitrogen and oxygen atoms in total. The van der Waals surface area contributed by atoms with Crippen molar-refractivity contribution in [3.05, 3.63) is 76.5 Å². The molecule has 0 bridgehead atoms. The van der Waals surface area contributed by atoms with E-state index in [4.69, 9.17) is 0 Å². The van der Waals surface area contributed by atoms with Gasteiger partial charge >= 0.3 is 6.18 Å². The van der Waals surface area contributed by atoms with Crippen LogP contribution in [0.2, 0.25) is 0 Å². The van der Waals surface area contributed by atoms with Crippen LogP contribution in [0, 0.1) is 6.92 Å². The number of nitrogens with zero attached hydrogens (tertiary/aromatic N) is 2. The van der Waals surface area contributed by atoms with E-state index in [1.54, 1.807) is 16.4 Å². The number of benzene rings is 2. The zero-order valence-electron chi connectivity index (χ0n) is 14.9. The maximum atomic E-state index is 12.7. The molecule has 0 aliphatic carbocycles. The smallest absolute Gasteiger partial charge is 0.306 e. The number of anilines is 1. The van der Waals surface area contributed by atoms with E-state index in [-0.39, 0.29) is 5.56 Å². The van der Waals surface area contributed by atoms with Gasteiger partial charge in [-0.3, -0.25) is 4.79 Å². The van der Waals surface area contributed by atoms with Crippen molar-refractivity contribution in [2.75, 3.05) is 5.32 Å². The average Bonchev–Trinajstić information content (AvgIpc) is 3.24. The van der Waals surface area contributed by atoms with Crippen molar-refractivity contribution >= 4 is 23.5 Å². The first kappa shape index (κ1) is 18.6. The summed E-state index contributed by atoms with van der Waals surface area (Å²) >= 11 is 1.71. The van der Waals surface area contributed by atoms with Crippen molar-refractivity contribution < 1.29 is 18.0 Å². The molecule has 0 atom stereocenters. The van der Waals surface area contributed by atoms with Crippen molar-refractivity contribution in [3.8, 4) is 5.69 Å². The summed E-state index contributed by atoms with van der Waals surface area (Å²) in [6, 6.07) is 11.9. The van der Waals surface area contributed by atoms with E-state index < -0.39 is 17.6 Å². The van der Waals surface area contributed by atoms with Crippen molar-refractivity contribution in [1.29, 1.82) is 0 Å². The monoisotopic (exact) mass is 403 g/mol. The Kier molecular flexibility index (Phi) is 4.66. The summed E-state index contributed by atoms with van der Waals surface area (Å²) in [5.74, 6) is 1.58. The zero-order chi connectivity index (χ0) is 19.9. The van der Waals surface area contributed by atoms with Gasteiger partial charge in [-0.1, -0.05) is 17.7 Å². The van der Waals surface area contributed by atoms with Gasteiger partial charge < -0.3 is 5.32 Å². The highest BCUT2D eigenvalue weighted by atomic mass is 32.2. The lowest BCUT2D eigenvalue weighted by molar-refractivity contribution is -0.137. The molecule has 0 fully saturated rings. The molecule has 0 spiro atoms. The van der Waals surface area contributed by atoms with Crippen LogP contribution < -0.4 is 5.32 Å². The van der Waals surface area contributed by atoms with Gasteiger partial charge in [0, 0.05) is 22.6 Å². The summed E-state index contributed by atoms with van der Waals surface area (Å²) in [5.41, 5.74) is 3.15. The third-order valence-corrected chi connectivity index (χ3v) is 5.51. The summed E-state index contributed by atoms with van der Waals surface area (Å²) in [7, 11) is 0. The largest absolute Gasteiger partial charge is 0.416 e. The molecule has 8 heteroatoms. The molecule has 0 saturated heterocycles. The maximum absolute atomic E-state index is 12.7. The predicted molar refractivity (Wildman–Crippen MR) is 103 cm³/mol. The van der Waals surface area contributed by atoms with Crippen LogP contribution in [0.5, 0.6) is 0 Å². The van der Waals surface area contributed by atoms with Crippen LogP contribution in [0.3, 0.4) is 0 Å². The van der Waals surface area contributed by atoms with Gasteiger partial charge in [-0.15, -0.1) is 0 Å². The number of nitrogens with one attached hydrogen (secondary N) is 1. The maximum Gasteiger partial charge on any atom is 0.416 e. The number of amides is 1. The normalized spacial score (nSPS) is 13.4. The first-order valence-corrected chi connectivity index (χ1v) is 9.72. The SMILES string of the molecule is Cc1ccc(-n2nc3c(c2NC(=O)c2ccc(C(F)(F)F)cc2)CSC3)cc1. The zero-order valence-corrected chi connectivity index (χ0v) is 15.7.